The van der Waals surface area contributed by atoms with E-state index in [0.29, 0.717) is 12.1 Å². The van der Waals surface area contributed by atoms with Crippen molar-refractivity contribution < 1.29 is 4.79 Å². The molecule has 2 heteroatoms. The molecule has 1 amide bonds. The number of rotatable bonds is 4. The van der Waals surface area contributed by atoms with Gasteiger partial charge in [-0.15, -0.1) is 0 Å². The second kappa shape index (κ2) is 5.70. The molecular formula is C17H19NO. The monoisotopic (exact) mass is 253 g/mol. The van der Waals surface area contributed by atoms with Crippen molar-refractivity contribution in [1.82, 2.24) is 5.32 Å². The van der Waals surface area contributed by atoms with Crippen molar-refractivity contribution in [1.29, 1.82) is 0 Å². The summed E-state index contributed by atoms with van der Waals surface area (Å²) in [5, 5.41) is 3.00. The number of amides is 1. The molecule has 0 aliphatic carbocycles. The van der Waals surface area contributed by atoms with E-state index in [1.165, 1.54) is 5.56 Å². The Labute approximate surface area is 114 Å². The van der Waals surface area contributed by atoms with E-state index >= 15 is 0 Å². The van der Waals surface area contributed by atoms with Crippen LogP contribution < -0.4 is 5.32 Å². The summed E-state index contributed by atoms with van der Waals surface area (Å²) < 4.78 is 0. The van der Waals surface area contributed by atoms with Crippen LogP contribution >= 0.6 is 0 Å². The van der Waals surface area contributed by atoms with Crippen LogP contribution in [0.5, 0.6) is 0 Å². The van der Waals surface area contributed by atoms with Crippen molar-refractivity contribution in [3.8, 4) is 0 Å². The predicted molar refractivity (Wildman–Crippen MR) is 78.2 cm³/mol. The number of carbonyl (C=O) groups is 1. The highest BCUT2D eigenvalue weighted by atomic mass is 16.1. The van der Waals surface area contributed by atoms with Gasteiger partial charge in [0.25, 0.3) is 5.91 Å². The van der Waals surface area contributed by atoms with Crippen molar-refractivity contribution >= 4 is 5.91 Å². The van der Waals surface area contributed by atoms with Gasteiger partial charge in [-0.25, -0.2) is 0 Å². The third-order valence-electron chi connectivity index (χ3n) is 3.28. The summed E-state index contributed by atoms with van der Waals surface area (Å²) in [6, 6.07) is 19.5. The summed E-state index contributed by atoms with van der Waals surface area (Å²) >= 11 is 0. The minimum Gasteiger partial charge on any atom is -0.351 e. The zero-order valence-electron chi connectivity index (χ0n) is 11.4. The largest absolute Gasteiger partial charge is 0.351 e. The molecule has 0 heterocycles. The summed E-state index contributed by atoms with van der Waals surface area (Å²) in [6.45, 7) is 4.88. The second-order valence-electron chi connectivity index (χ2n) is 5.30. The quantitative estimate of drug-likeness (QED) is 0.889. The first kappa shape index (κ1) is 13.3. The number of hydrogen-bond donors (Lipinski definition) is 1. The lowest BCUT2D eigenvalue weighted by molar-refractivity contribution is 0.0945. The maximum atomic E-state index is 12.0. The molecule has 0 unspecified atom stereocenters. The molecule has 0 aliphatic heterocycles. The van der Waals surface area contributed by atoms with Crippen molar-refractivity contribution in [2.24, 2.45) is 0 Å². The van der Waals surface area contributed by atoms with Crippen LogP contribution in [0.4, 0.5) is 0 Å². The molecule has 0 saturated heterocycles. The Morgan fingerprint density at radius 2 is 1.47 bits per heavy atom. The molecule has 1 N–H and O–H groups in total. The lowest BCUT2D eigenvalue weighted by Gasteiger charge is -2.25. The molecule has 19 heavy (non-hydrogen) atoms. The average Bonchev–Trinajstić information content (AvgIpc) is 2.47. The van der Waals surface area contributed by atoms with Crippen molar-refractivity contribution in [2.75, 3.05) is 6.54 Å². The van der Waals surface area contributed by atoms with Gasteiger partial charge in [-0.1, -0.05) is 62.4 Å². The lowest BCUT2D eigenvalue weighted by atomic mass is 9.84. The first-order valence-corrected chi connectivity index (χ1v) is 6.48. The van der Waals surface area contributed by atoms with Crippen LogP contribution in [0.3, 0.4) is 0 Å². The van der Waals surface area contributed by atoms with Gasteiger partial charge in [-0.05, 0) is 17.7 Å². The molecule has 0 aliphatic rings. The molecule has 0 radical (unpaired) electrons. The minimum absolute atomic E-state index is 0.0235. The molecule has 0 aromatic heterocycles. The Bertz CT molecular complexity index is 532. The van der Waals surface area contributed by atoms with E-state index in [4.69, 9.17) is 0 Å². The molecule has 2 rings (SSSR count). The summed E-state index contributed by atoms with van der Waals surface area (Å²) in [6.07, 6.45) is 0. The van der Waals surface area contributed by atoms with Crippen molar-refractivity contribution in [3.05, 3.63) is 71.8 Å². The molecule has 2 aromatic rings. The number of benzene rings is 2. The molecule has 2 aromatic carbocycles. The van der Waals surface area contributed by atoms with Gasteiger partial charge >= 0.3 is 0 Å². The van der Waals surface area contributed by atoms with Gasteiger partial charge < -0.3 is 5.32 Å². The van der Waals surface area contributed by atoms with E-state index in [9.17, 15) is 4.79 Å². The Hall–Kier alpha value is -2.09. The van der Waals surface area contributed by atoms with Crippen LogP contribution in [-0.2, 0) is 5.41 Å². The lowest BCUT2D eigenvalue weighted by Crippen LogP contribution is -2.36. The smallest absolute Gasteiger partial charge is 0.251 e. The molecular weight excluding hydrogens is 234 g/mol. The Balaban J connectivity index is 2.01. The molecule has 0 fully saturated rings. The normalized spacial score (nSPS) is 11.1. The minimum atomic E-state index is -0.0777. The molecule has 2 nitrogen and oxygen atoms in total. The van der Waals surface area contributed by atoms with Gasteiger partial charge in [-0.2, -0.15) is 0 Å². The summed E-state index contributed by atoms with van der Waals surface area (Å²) in [5.74, 6) is -0.0235. The number of nitrogens with one attached hydrogen (secondary N) is 1. The first-order valence-electron chi connectivity index (χ1n) is 6.48. The number of hydrogen-bond acceptors (Lipinski definition) is 1. The predicted octanol–water partition coefficient (Wildman–Crippen LogP) is 3.39. The van der Waals surface area contributed by atoms with Crippen LogP contribution in [0.15, 0.2) is 60.7 Å². The first-order chi connectivity index (χ1) is 9.09. The van der Waals surface area contributed by atoms with E-state index in [1.54, 1.807) is 0 Å². The van der Waals surface area contributed by atoms with Gasteiger partial charge in [0.05, 0.1) is 0 Å². The highest BCUT2D eigenvalue weighted by molar-refractivity contribution is 5.94. The molecule has 0 bridgehead atoms. The SMILES string of the molecule is CC(C)(CNC(=O)c1ccccc1)c1ccccc1. The van der Waals surface area contributed by atoms with Gasteiger partial charge in [0.15, 0.2) is 0 Å². The Morgan fingerprint density at radius 1 is 0.947 bits per heavy atom. The Morgan fingerprint density at radius 3 is 2.05 bits per heavy atom. The molecule has 0 atom stereocenters. The van der Waals surface area contributed by atoms with Gasteiger partial charge in [0.2, 0.25) is 0 Å². The molecule has 0 spiro atoms. The van der Waals surface area contributed by atoms with E-state index in [0.717, 1.165) is 0 Å². The summed E-state index contributed by atoms with van der Waals surface area (Å²) in [7, 11) is 0. The third kappa shape index (κ3) is 3.44. The standard InChI is InChI=1S/C17H19NO/c1-17(2,15-11-7-4-8-12-15)13-18-16(19)14-9-5-3-6-10-14/h3-12H,13H2,1-2H3,(H,18,19). The highest BCUT2D eigenvalue weighted by Gasteiger charge is 2.21. The van der Waals surface area contributed by atoms with E-state index in [2.05, 4.69) is 31.3 Å². The average molecular weight is 253 g/mol. The van der Waals surface area contributed by atoms with E-state index < -0.39 is 0 Å². The second-order valence-corrected chi connectivity index (χ2v) is 5.30. The zero-order valence-corrected chi connectivity index (χ0v) is 11.4. The van der Waals surface area contributed by atoms with Crippen LogP contribution in [-0.4, -0.2) is 12.5 Å². The third-order valence-corrected chi connectivity index (χ3v) is 3.28. The summed E-state index contributed by atoms with van der Waals surface area (Å²) in [4.78, 5) is 12.0. The topological polar surface area (TPSA) is 29.1 Å². The van der Waals surface area contributed by atoms with E-state index in [-0.39, 0.29) is 11.3 Å². The van der Waals surface area contributed by atoms with Gasteiger partial charge in [0.1, 0.15) is 0 Å². The van der Waals surface area contributed by atoms with Crippen LogP contribution in [0.1, 0.15) is 29.8 Å². The molecule has 98 valence electrons. The Kier molecular flexibility index (Phi) is 4.00. The maximum Gasteiger partial charge on any atom is 0.251 e. The van der Waals surface area contributed by atoms with Crippen molar-refractivity contribution in [3.63, 3.8) is 0 Å². The van der Waals surface area contributed by atoms with Gasteiger partial charge in [-0.3, -0.25) is 4.79 Å². The van der Waals surface area contributed by atoms with E-state index in [1.807, 2.05) is 48.5 Å². The summed E-state index contributed by atoms with van der Waals surface area (Å²) in [5.41, 5.74) is 1.85. The van der Waals surface area contributed by atoms with Crippen LogP contribution in [0, 0.1) is 0 Å². The van der Waals surface area contributed by atoms with Crippen molar-refractivity contribution in [2.45, 2.75) is 19.3 Å². The fraction of sp³-hybridized carbons (Fsp3) is 0.235. The maximum absolute atomic E-state index is 12.0. The van der Waals surface area contributed by atoms with Crippen LogP contribution in [0.25, 0.3) is 0 Å². The fourth-order valence-electron chi connectivity index (χ4n) is 1.98. The molecule has 0 saturated carbocycles. The zero-order chi connectivity index (χ0) is 13.7. The highest BCUT2D eigenvalue weighted by Crippen LogP contribution is 2.21. The fourth-order valence-corrected chi connectivity index (χ4v) is 1.98. The van der Waals surface area contributed by atoms with Gasteiger partial charge in [0, 0.05) is 17.5 Å². The number of carbonyl (C=O) groups excluding carboxylic acids is 1. The van der Waals surface area contributed by atoms with Crippen LogP contribution in [0.2, 0.25) is 0 Å².